The minimum Gasteiger partial charge on any atom is -0.332 e. The predicted molar refractivity (Wildman–Crippen MR) is 94.6 cm³/mol. The monoisotopic (exact) mass is 359 g/mol. The van der Waals surface area contributed by atoms with E-state index in [-0.39, 0.29) is 12.1 Å². The van der Waals surface area contributed by atoms with Gasteiger partial charge in [0.15, 0.2) is 0 Å². The van der Waals surface area contributed by atoms with Crippen LogP contribution < -0.4 is 5.32 Å². The fourth-order valence-electron chi connectivity index (χ4n) is 2.48. The number of hydrogen-bond acceptors (Lipinski definition) is 4. The Morgan fingerprint density at radius 1 is 1.19 bits per heavy atom. The lowest BCUT2D eigenvalue weighted by atomic mass is 10.1. The second-order valence-corrected chi connectivity index (χ2v) is 5.90. The molecule has 2 aromatic rings. The van der Waals surface area contributed by atoms with E-state index in [1.165, 1.54) is 7.05 Å². The molecule has 0 heterocycles. The highest BCUT2D eigenvalue weighted by Crippen LogP contribution is 2.20. The minimum atomic E-state index is -1.03. The first kappa shape index (κ1) is 19.0. The number of likely N-dealkylation sites (N-methyl/N-ethyl adjacent to an activating group) is 1. The molecule has 0 spiro atoms. The van der Waals surface area contributed by atoms with Gasteiger partial charge in [-0.2, -0.15) is 4.39 Å². The number of nitro groups is 1. The molecule has 0 saturated carbocycles. The Morgan fingerprint density at radius 3 is 2.38 bits per heavy atom. The maximum Gasteiger partial charge on any atom is 0.305 e. The quantitative estimate of drug-likeness (QED) is 0.656. The highest BCUT2D eigenvalue weighted by Gasteiger charge is 2.21. The van der Waals surface area contributed by atoms with E-state index >= 15 is 0 Å². The van der Waals surface area contributed by atoms with E-state index < -0.39 is 28.2 Å². The predicted octanol–water partition coefficient (Wildman–Crippen LogP) is 3.06. The van der Waals surface area contributed by atoms with Gasteiger partial charge in [-0.25, -0.2) is 0 Å². The second kappa shape index (κ2) is 7.73. The van der Waals surface area contributed by atoms with Gasteiger partial charge in [0.25, 0.3) is 5.91 Å². The fraction of sp³-hybridized carbons (Fsp3) is 0.222. The van der Waals surface area contributed by atoms with Crippen molar-refractivity contribution in [3.63, 3.8) is 0 Å². The standard InChI is InChI=1S/C18H18FN3O4/c1-11-5-4-6-12(2)17(11)20-16(23)10-21(3)18(24)13-7-8-14(19)15(9-13)22(25)26/h4-9H,10H2,1-3H3,(H,20,23). The van der Waals surface area contributed by atoms with Gasteiger partial charge < -0.3 is 10.2 Å². The Morgan fingerprint density at radius 2 is 1.81 bits per heavy atom. The van der Waals surface area contributed by atoms with Gasteiger partial charge in [-0.3, -0.25) is 19.7 Å². The van der Waals surface area contributed by atoms with Crippen molar-refractivity contribution in [2.45, 2.75) is 13.8 Å². The Hall–Kier alpha value is -3.29. The van der Waals surface area contributed by atoms with E-state index in [4.69, 9.17) is 0 Å². The van der Waals surface area contributed by atoms with Crippen LogP contribution in [0.2, 0.25) is 0 Å². The summed E-state index contributed by atoms with van der Waals surface area (Å²) < 4.78 is 13.4. The molecule has 0 aliphatic heterocycles. The number of hydrogen-bond donors (Lipinski definition) is 1. The Bertz CT molecular complexity index is 862. The zero-order valence-electron chi connectivity index (χ0n) is 14.6. The van der Waals surface area contributed by atoms with Crippen LogP contribution in [0.4, 0.5) is 15.8 Å². The van der Waals surface area contributed by atoms with Crippen molar-refractivity contribution < 1.29 is 18.9 Å². The topological polar surface area (TPSA) is 92.6 Å². The normalized spacial score (nSPS) is 10.3. The van der Waals surface area contributed by atoms with Gasteiger partial charge in [-0.15, -0.1) is 0 Å². The van der Waals surface area contributed by atoms with Crippen LogP contribution in [0.3, 0.4) is 0 Å². The van der Waals surface area contributed by atoms with Crippen LogP contribution in [-0.2, 0) is 4.79 Å². The summed E-state index contributed by atoms with van der Waals surface area (Å²) in [5, 5.41) is 13.5. The third kappa shape index (κ3) is 4.21. The number of aryl methyl sites for hydroxylation is 2. The number of nitro benzene ring substituents is 1. The summed E-state index contributed by atoms with van der Waals surface area (Å²) in [6.45, 7) is 3.46. The zero-order chi connectivity index (χ0) is 19.4. The number of nitrogens with one attached hydrogen (secondary N) is 1. The van der Waals surface area contributed by atoms with E-state index in [0.29, 0.717) is 5.69 Å². The highest BCUT2D eigenvalue weighted by atomic mass is 19.1. The summed E-state index contributed by atoms with van der Waals surface area (Å²) >= 11 is 0. The smallest absolute Gasteiger partial charge is 0.305 e. The van der Waals surface area contributed by atoms with Gasteiger partial charge in [-0.05, 0) is 37.1 Å². The van der Waals surface area contributed by atoms with Crippen molar-refractivity contribution in [3.05, 3.63) is 69.0 Å². The average Bonchev–Trinajstić information content (AvgIpc) is 2.57. The molecule has 0 bridgehead atoms. The third-order valence-electron chi connectivity index (χ3n) is 3.86. The Kier molecular flexibility index (Phi) is 5.66. The van der Waals surface area contributed by atoms with Crippen LogP contribution in [0.25, 0.3) is 0 Å². The number of nitrogens with zero attached hydrogens (tertiary/aromatic N) is 2. The number of para-hydroxylation sites is 1. The summed E-state index contributed by atoms with van der Waals surface area (Å²) in [6.07, 6.45) is 0. The molecule has 0 saturated heterocycles. The zero-order valence-corrected chi connectivity index (χ0v) is 14.6. The SMILES string of the molecule is Cc1cccc(C)c1NC(=O)CN(C)C(=O)c1ccc(F)c([N+](=O)[O-])c1. The Balaban J connectivity index is 2.10. The molecular weight excluding hydrogens is 341 g/mol. The van der Waals surface area contributed by atoms with Gasteiger partial charge >= 0.3 is 5.69 Å². The molecule has 2 rings (SSSR count). The lowest BCUT2D eigenvalue weighted by Gasteiger charge is -2.18. The van der Waals surface area contributed by atoms with Crippen molar-refractivity contribution in [1.29, 1.82) is 0 Å². The lowest BCUT2D eigenvalue weighted by molar-refractivity contribution is -0.387. The molecule has 136 valence electrons. The van der Waals surface area contributed by atoms with Gasteiger partial charge in [-0.1, -0.05) is 18.2 Å². The van der Waals surface area contributed by atoms with Crippen molar-refractivity contribution in [2.24, 2.45) is 0 Å². The summed E-state index contributed by atoms with van der Waals surface area (Å²) in [7, 11) is 1.39. The number of amides is 2. The molecule has 7 nitrogen and oxygen atoms in total. The highest BCUT2D eigenvalue weighted by molar-refractivity contribution is 6.00. The summed E-state index contributed by atoms with van der Waals surface area (Å²) in [5.74, 6) is -2.05. The molecule has 0 atom stereocenters. The van der Waals surface area contributed by atoms with Crippen LogP contribution in [0.1, 0.15) is 21.5 Å². The van der Waals surface area contributed by atoms with Crippen LogP contribution in [0.5, 0.6) is 0 Å². The first-order valence-electron chi connectivity index (χ1n) is 7.76. The Labute approximate surface area is 149 Å². The minimum absolute atomic E-state index is 0.0690. The number of benzene rings is 2. The van der Waals surface area contributed by atoms with Crippen molar-refractivity contribution in [2.75, 3.05) is 18.9 Å². The summed E-state index contributed by atoms with van der Waals surface area (Å²) in [5.41, 5.74) is 1.60. The molecule has 1 N–H and O–H groups in total. The third-order valence-corrected chi connectivity index (χ3v) is 3.86. The molecule has 2 aromatic carbocycles. The summed E-state index contributed by atoms with van der Waals surface area (Å²) in [4.78, 5) is 35.6. The largest absolute Gasteiger partial charge is 0.332 e. The molecule has 0 aromatic heterocycles. The van der Waals surface area contributed by atoms with E-state index in [9.17, 15) is 24.1 Å². The molecule has 8 heteroatoms. The first-order valence-corrected chi connectivity index (χ1v) is 7.76. The fourth-order valence-corrected chi connectivity index (χ4v) is 2.48. The lowest BCUT2D eigenvalue weighted by Crippen LogP contribution is -2.35. The van der Waals surface area contributed by atoms with Crippen LogP contribution in [-0.4, -0.2) is 35.2 Å². The van der Waals surface area contributed by atoms with Crippen molar-refractivity contribution in [1.82, 2.24) is 4.90 Å². The van der Waals surface area contributed by atoms with Crippen molar-refractivity contribution >= 4 is 23.2 Å². The maximum atomic E-state index is 13.4. The average molecular weight is 359 g/mol. The molecular formula is C18H18FN3O4. The van der Waals surface area contributed by atoms with Gasteiger partial charge in [0.2, 0.25) is 11.7 Å². The van der Waals surface area contributed by atoms with E-state index in [1.807, 2.05) is 32.0 Å². The summed E-state index contributed by atoms with van der Waals surface area (Å²) in [6, 6.07) is 8.44. The number of carbonyl (C=O) groups is 2. The maximum absolute atomic E-state index is 13.4. The van der Waals surface area contributed by atoms with E-state index in [1.54, 1.807) is 0 Å². The van der Waals surface area contributed by atoms with E-state index in [0.717, 1.165) is 34.2 Å². The van der Waals surface area contributed by atoms with Crippen LogP contribution >= 0.6 is 0 Å². The number of halogens is 1. The van der Waals surface area contributed by atoms with Gasteiger partial charge in [0.1, 0.15) is 0 Å². The number of anilines is 1. The number of carbonyl (C=O) groups excluding carboxylic acids is 2. The molecule has 0 aliphatic carbocycles. The van der Waals surface area contributed by atoms with Gasteiger partial charge in [0.05, 0.1) is 11.5 Å². The molecule has 2 amide bonds. The molecule has 26 heavy (non-hydrogen) atoms. The van der Waals surface area contributed by atoms with Crippen LogP contribution in [0, 0.1) is 29.8 Å². The van der Waals surface area contributed by atoms with Gasteiger partial charge in [0, 0.05) is 24.4 Å². The molecule has 0 radical (unpaired) electrons. The van der Waals surface area contributed by atoms with Crippen molar-refractivity contribution in [3.8, 4) is 0 Å². The van der Waals surface area contributed by atoms with Crippen LogP contribution in [0.15, 0.2) is 36.4 Å². The first-order chi connectivity index (χ1) is 12.2. The molecule has 0 aliphatic rings. The van der Waals surface area contributed by atoms with E-state index in [2.05, 4.69) is 5.32 Å². The molecule has 0 fully saturated rings. The molecule has 0 unspecified atom stereocenters. The second-order valence-electron chi connectivity index (χ2n) is 5.90. The number of rotatable bonds is 5.